The summed E-state index contributed by atoms with van der Waals surface area (Å²) in [6.45, 7) is 2.59. The van der Waals surface area contributed by atoms with Gasteiger partial charge in [0.25, 0.3) is 0 Å². The second-order valence-corrected chi connectivity index (χ2v) is 4.91. The highest BCUT2D eigenvalue weighted by Crippen LogP contribution is 2.19. The molecule has 2 rings (SSSR count). The molecule has 0 unspecified atom stereocenters. The van der Waals surface area contributed by atoms with Crippen LogP contribution in [-0.2, 0) is 18.4 Å². The molecule has 0 saturated heterocycles. The number of aryl methyl sites for hydroxylation is 2. The van der Waals surface area contributed by atoms with Crippen molar-refractivity contribution in [2.24, 2.45) is 7.05 Å². The lowest BCUT2D eigenvalue weighted by molar-refractivity contribution is -0.115. The number of hydrogen-bond acceptors (Lipinski definition) is 4. The summed E-state index contributed by atoms with van der Waals surface area (Å²) in [6, 6.07) is 5.39. The van der Waals surface area contributed by atoms with Crippen LogP contribution in [0.2, 0.25) is 5.02 Å². The Morgan fingerprint density at radius 3 is 2.95 bits per heavy atom. The van der Waals surface area contributed by atoms with Gasteiger partial charge in [0.2, 0.25) is 5.91 Å². The Kier molecular flexibility index (Phi) is 4.70. The fraction of sp³-hybridized carbons (Fsp3) is 0.308. The summed E-state index contributed by atoms with van der Waals surface area (Å²) >= 11 is 5.90. The summed E-state index contributed by atoms with van der Waals surface area (Å²) in [5.41, 5.74) is 1.69. The fourth-order valence-corrected chi connectivity index (χ4v) is 1.85. The van der Waals surface area contributed by atoms with E-state index in [1.54, 1.807) is 23.0 Å². The second kappa shape index (κ2) is 6.49. The maximum absolute atomic E-state index is 11.8. The van der Waals surface area contributed by atoms with Crippen LogP contribution in [-0.4, -0.2) is 27.2 Å². The number of halogens is 1. The van der Waals surface area contributed by atoms with Crippen LogP contribution in [0.1, 0.15) is 11.4 Å². The van der Waals surface area contributed by atoms with Crippen molar-refractivity contribution in [3.8, 4) is 0 Å². The standard InChI is InChI=1S/C13H16ClN5O/c1-9-3-4-10(14)5-11(9)17-13(20)7-15-6-12-18-16-8-19(12)2/h3-5,8,15H,6-7H2,1-2H3,(H,17,20). The van der Waals surface area contributed by atoms with E-state index in [9.17, 15) is 4.79 Å². The van der Waals surface area contributed by atoms with Crippen LogP contribution in [0.5, 0.6) is 0 Å². The van der Waals surface area contributed by atoms with Gasteiger partial charge < -0.3 is 15.2 Å². The number of aromatic nitrogens is 3. The second-order valence-electron chi connectivity index (χ2n) is 4.47. The number of carbonyl (C=O) groups excluding carboxylic acids is 1. The largest absolute Gasteiger partial charge is 0.325 e. The molecule has 6 nitrogen and oxygen atoms in total. The van der Waals surface area contributed by atoms with Crippen molar-refractivity contribution in [1.82, 2.24) is 20.1 Å². The Balaban J connectivity index is 1.84. The Labute approximate surface area is 122 Å². The van der Waals surface area contributed by atoms with Crippen LogP contribution in [0.4, 0.5) is 5.69 Å². The molecule has 0 atom stereocenters. The molecule has 0 fully saturated rings. The molecular weight excluding hydrogens is 278 g/mol. The van der Waals surface area contributed by atoms with Crippen molar-refractivity contribution in [2.45, 2.75) is 13.5 Å². The third-order valence-electron chi connectivity index (χ3n) is 2.85. The molecule has 1 amide bonds. The summed E-state index contributed by atoms with van der Waals surface area (Å²) in [7, 11) is 1.85. The molecule has 0 radical (unpaired) electrons. The average Bonchev–Trinajstić information content (AvgIpc) is 2.80. The molecule has 2 aromatic rings. The first kappa shape index (κ1) is 14.5. The van der Waals surface area contributed by atoms with Gasteiger partial charge in [-0.1, -0.05) is 17.7 Å². The topological polar surface area (TPSA) is 71.8 Å². The average molecular weight is 294 g/mol. The highest BCUT2D eigenvalue weighted by atomic mass is 35.5. The summed E-state index contributed by atoms with van der Waals surface area (Å²) in [5.74, 6) is 0.647. The smallest absolute Gasteiger partial charge is 0.238 e. The van der Waals surface area contributed by atoms with Gasteiger partial charge in [-0.2, -0.15) is 0 Å². The lowest BCUT2D eigenvalue weighted by Gasteiger charge is -2.09. The van der Waals surface area contributed by atoms with Crippen LogP contribution in [0.25, 0.3) is 0 Å². The monoisotopic (exact) mass is 293 g/mol. The number of nitrogens with zero attached hydrogens (tertiary/aromatic N) is 3. The van der Waals surface area contributed by atoms with E-state index in [4.69, 9.17) is 11.6 Å². The number of nitrogens with one attached hydrogen (secondary N) is 2. The molecule has 0 aliphatic carbocycles. The predicted octanol–water partition coefficient (Wildman–Crippen LogP) is 1.51. The van der Waals surface area contributed by atoms with Crippen molar-refractivity contribution in [3.63, 3.8) is 0 Å². The quantitative estimate of drug-likeness (QED) is 0.876. The van der Waals surface area contributed by atoms with Crippen LogP contribution >= 0.6 is 11.6 Å². The Morgan fingerprint density at radius 2 is 2.25 bits per heavy atom. The van der Waals surface area contributed by atoms with E-state index in [1.807, 2.05) is 20.0 Å². The van der Waals surface area contributed by atoms with E-state index in [2.05, 4.69) is 20.8 Å². The molecule has 106 valence electrons. The fourth-order valence-electron chi connectivity index (χ4n) is 1.68. The van der Waals surface area contributed by atoms with E-state index in [0.29, 0.717) is 11.6 Å². The Morgan fingerprint density at radius 1 is 1.45 bits per heavy atom. The van der Waals surface area contributed by atoms with Crippen molar-refractivity contribution >= 4 is 23.2 Å². The van der Waals surface area contributed by atoms with E-state index in [-0.39, 0.29) is 12.5 Å². The van der Waals surface area contributed by atoms with E-state index in [1.165, 1.54) is 0 Å². The van der Waals surface area contributed by atoms with Crippen molar-refractivity contribution in [1.29, 1.82) is 0 Å². The number of hydrogen-bond donors (Lipinski definition) is 2. The van der Waals surface area contributed by atoms with Gasteiger partial charge in [-0.15, -0.1) is 10.2 Å². The number of carbonyl (C=O) groups is 1. The van der Waals surface area contributed by atoms with Crippen LogP contribution < -0.4 is 10.6 Å². The van der Waals surface area contributed by atoms with Crippen LogP contribution in [0.15, 0.2) is 24.5 Å². The summed E-state index contributed by atoms with van der Waals surface area (Å²) in [4.78, 5) is 11.8. The predicted molar refractivity (Wildman–Crippen MR) is 77.5 cm³/mol. The minimum atomic E-state index is -0.127. The molecule has 0 spiro atoms. The Hall–Kier alpha value is -1.92. The number of benzene rings is 1. The third-order valence-corrected chi connectivity index (χ3v) is 3.08. The molecule has 1 aromatic heterocycles. The van der Waals surface area contributed by atoms with Gasteiger partial charge in [-0.3, -0.25) is 4.79 Å². The molecular formula is C13H16ClN5O. The van der Waals surface area contributed by atoms with Crippen LogP contribution in [0, 0.1) is 6.92 Å². The van der Waals surface area contributed by atoms with Crippen molar-refractivity contribution < 1.29 is 4.79 Å². The summed E-state index contributed by atoms with van der Waals surface area (Å²) in [5, 5.41) is 14.1. The maximum Gasteiger partial charge on any atom is 0.238 e. The first-order valence-corrected chi connectivity index (χ1v) is 6.53. The molecule has 0 aliphatic heterocycles. The normalized spacial score (nSPS) is 10.6. The first-order chi connectivity index (χ1) is 9.56. The number of anilines is 1. The molecule has 1 aromatic carbocycles. The number of amides is 1. The molecule has 0 aliphatic rings. The van der Waals surface area contributed by atoms with E-state index < -0.39 is 0 Å². The molecule has 2 N–H and O–H groups in total. The van der Waals surface area contributed by atoms with E-state index in [0.717, 1.165) is 17.1 Å². The Bertz CT molecular complexity index is 611. The zero-order chi connectivity index (χ0) is 14.5. The van der Waals surface area contributed by atoms with E-state index >= 15 is 0 Å². The molecule has 0 bridgehead atoms. The van der Waals surface area contributed by atoms with Gasteiger partial charge in [0.1, 0.15) is 12.2 Å². The first-order valence-electron chi connectivity index (χ1n) is 6.16. The van der Waals surface area contributed by atoms with Crippen molar-refractivity contribution in [2.75, 3.05) is 11.9 Å². The van der Waals surface area contributed by atoms with Gasteiger partial charge in [0.05, 0.1) is 13.1 Å². The SMILES string of the molecule is Cc1ccc(Cl)cc1NC(=O)CNCc1nncn1C. The minimum absolute atomic E-state index is 0.127. The molecule has 7 heteroatoms. The lowest BCUT2D eigenvalue weighted by atomic mass is 10.2. The molecule has 0 saturated carbocycles. The maximum atomic E-state index is 11.8. The van der Waals surface area contributed by atoms with Crippen molar-refractivity contribution in [3.05, 3.63) is 40.9 Å². The van der Waals surface area contributed by atoms with Gasteiger partial charge in [0.15, 0.2) is 0 Å². The summed E-state index contributed by atoms with van der Waals surface area (Å²) in [6.07, 6.45) is 1.62. The van der Waals surface area contributed by atoms with Gasteiger partial charge in [-0.25, -0.2) is 0 Å². The summed E-state index contributed by atoms with van der Waals surface area (Å²) < 4.78 is 1.80. The van der Waals surface area contributed by atoms with Crippen LogP contribution in [0.3, 0.4) is 0 Å². The highest BCUT2D eigenvalue weighted by molar-refractivity contribution is 6.31. The van der Waals surface area contributed by atoms with Gasteiger partial charge in [-0.05, 0) is 24.6 Å². The van der Waals surface area contributed by atoms with Gasteiger partial charge >= 0.3 is 0 Å². The minimum Gasteiger partial charge on any atom is -0.325 e. The lowest BCUT2D eigenvalue weighted by Crippen LogP contribution is -2.28. The zero-order valence-electron chi connectivity index (χ0n) is 11.4. The number of rotatable bonds is 5. The molecule has 20 heavy (non-hydrogen) atoms. The highest BCUT2D eigenvalue weighted by Gasteiger charge is 2.06. The third kappa shape index (κ3) is 3.79. The molecule has 1 heterocycles. The van der Waals surface area contributed by atoms with Gasteiger partial charge in [0, 0.05) is 17.8 Å². The zero-order valence-corrected chi connectivity index (χ0v) is 12.1.